The van der Waals surface area contributed by atoms with Gasteiger partial charge in [0, 0.05) is 23.2 Å². The third kappa shape index (κ3) is 5.27. The third-order valence-electron chi connectivity index (χ3n) is 7.44. The number of hydrogen-bond acceptors (Lipinski definition) is 6. The van der Waals surface area contributed by atoms with Crippen LogP contribution in [0.4, 0.5) is 5.69 Å². The van der Waals surface area contributed by atoms with Crippen LogP contribution in [-0.2, 0) is 13.0 Å². The first-order valence-electron chi connectivity index (χ1n) is 12.8. The molecule has 2 aliphatic rings. The number of ether oxygens (including phenoxy) is 1. The first kappa shape index (κ1) is 27.3. The molecular formula is C30H35NO7. The number of aromatic carboxylic acids is 1. The topological polar surface area (TPSA) is 128 Å². The minimum atomic E-state index is -1.31. The van der Waals surface area contributed by atoms with Crippen LogP contribution in [0.25, 0.3) is 0 Å². The van der Waals surface area contributed by atoms with Crippen LogP contribution >= 0.6 is 0 Å². The molecule has 2 aromatic carbocycles. The van der Waals surface area contributed by atoms with Crippen molar-refractivity contribution in [2.75, 3.05) is 4.90 Å². The summed E-state index contributed by atoms with van der Waals surface area (Å²) in [6.45, 7) is 8.21. The summed E-state index contributed by atoms with van der Waals surface area (Å²) < 4.78 is 6.40. The number of aliphatic hydroxyl groups is 1. The lowest BCUT2D eigenvalue weighted by Crippen LogP contribution is -2.49. The number of aromatic hydroxyl groups is 2. The van der Waals surface area contributed by atoms with Crippen LogP contribution in [0.5, 0.6) is 17.2 Å². The molecule has 4 rings (SSSR count). The van der Waals surface area contributed by atoms with E-state index in [1.54, 1.807) is 0 Å². The highest BCUT2D eigenvalue weighted by Crippen LogP contribution is 2.47. The summed E-state index contributed by atoms with van der Waals surface area (Å²) in [6, 6.07) is 5.33. The minimum Gasteiger partial charge on any atom is -0.508 e. The van der Waals surface area contributed by atoms with Crippen LogP contribution in [0.1, 0.15) is 85.2 Å². The second-order valence-electron chi connectivity index (χ2n) is 10.7. The Morgan fingerprint density at radius 3 is 2.53 bits per heavy atom. The van der Waals surface area contributed by atoms with Gasteiger partial charge in [-0.05, 0) is 77.6 Å². The van der Waals surface area contributed by atoms with Gasteiger partial charge in [-0.25, -0.2) is 4.79 Å². The number of carbonyl (C=O) groups is 2. The molecule has 38 heavy (non-hydrogen) atoms. The average molecular weight is 522 g/mol. The molecular weight excluding hydrogens is 486 g/mol. The molecule has 0 aromatic heterocycles. The number of allylic oxidation sites excluding steroid dienone is 4. The summed E-state index contributed by atoms with van der Waals surface area (Å²) in [4.78, 5) is 26.2. The largest absolute Gasteiger partial charge is 0.508 e. The molecule has 2 aliphatic heterocycles. The van der Waals surface area contributed by atoms with Gasteiger partial charge in [-0.2, -0.15) is 0 Å². The van der Waals surface area contributed by atoms with E-state index in [9.17, 15) is 30.0 Å². The molecule has 8 heteroatoms. The molecule has 8 nitrogen and oxygen atoms in total. The van der Waals surface area contributed by atoms with Gasteiger partial charge in [-0.15, -0.1) is 0 Å². The summed E-state index contributed by atoms with van der Waals surface area (Å²) in [5.41, 5.74) is 2.94. The number of anilines is 1. The first-order valence-corrected chi connectivity index (χ1v) is 12.8. The predicted molar refractivity (Wildman–Crippen MR) is 144 cm³/mol. The molecule has 0 saturated heterocycles. The smallest absolute Gasteiger partial charge is 0.339 e. The van der Waals surface area contributed by atoms with Gasteiger partial charge in [0.1, 0.15) is 28.4 Å². The Bertz CT molecular complexity index is 1340. The lowest BCUT2D eigenvalue weighted by atomic mass is 9.84. The second-order valence-corrected chi connectivity index (χ2v) is 10.7. The van der Waals surface area contributed by atoms with E-state index < -0.39 is 29.3 Å². The van der Waals surface area contributed by atoms with E-state index >= 15 is 0 Å². The zero-order chi connectivity index (χ0) is 27.8. The molecule has 2 aromatic rings. The zero-order valence-electron chi connectivity index (χ0n) is 22.2. The van der Waals surface area contributed by atoms with Crippen LogP contribution in [-0.4, -0.2) is 44.0 Å². The molecule has 2 heterocycles. The van der Waals surface area contributed by atoms with Crippen molar-refractivity contribution < 1.29 is 34.8 Å². The summed E-state index contributed by atoms with van der Waals surface area (Å²) in [7, 11) is 0. The van der Waals surface area contributed by atoms with Crippen molar-refractivity contribution in [1.82, 2.24) is 0 Å². The zero-order valence-corrected chi connectivity index (χ0v) is 22.2. The van der Waals surface area contributed by atoms with Crippen molar-refractivity contribution in [3.8, 4) is 17.2 Å². The third-order valence-corrected chi connectivity index (χ3v) is 7.44. The normalized spacial score (nSPS) is 20.6. The number of benzene rings is 2. The molecule has 0 saturated carbocycles. The van der Waals surface area contributed by atoms with Crippen molar-refractivity contribution in [2.24, 2.45) is 0 Å². The van der Waals surface area contributed by atoms with E-state index in [4.69, 9.17) is 4.74 Å². The van der Waals surface area contributed by atoms with Crippen molar-refractivity contribution in [3.05, 3.63) is 69.8 Å². The fraction of sp³-hybridized carbons (Fsp3) is 0.400. The number of carbonyl (C=O) groups excluding carboxylic acids is 1. The molecule has 2 unspecified atom stereocenters. The number of carboxylic acids is 1. The molecule has 1 amide bonds. The minimum absolute atomic E-state index is 0.107. The van der Waals surface area contributed by atoms with Gasteiger partial charge >= 0.3 is 5.97 Å². The van der Waals surface area contributed by atoms with Gasteiger partial charge in [-0.1, -0.05) is 23.3 Å². The fourth-order valence-corrected chi connectivity index (χ4v) is 5.07. The summed E-state index contributed by atoms with van der Waals surface area (Å²) in [6.07, 6.45) is 6.93. The number of carboxylic acid groups (broad SMARTS) is 1. The van der Waals surface area contributed by atoms with Crippen molar-refractivity contribution >= 4 is 17.6 Å². The number of amides is 1. The van der Waals surface area contributed by atoms with E-state index in [1.807, 2.05) is 6.92 Å². The van der Waals surface area contributed by atoms with Crippen molar-refractivity contribution in [2.45, 2.75) is 78.0 Å². The Balaban J connectivity index is 1.59. The second kappa shape index (κ2) is 10.5. The SMILES string of the molecule is CC(C)=CCC/C(C)=C/CCC1(C)Oc2c(c(O)cc3c2CN(c2ccc(O)c(C(=O)O)c2)C3=O)CC1O. The molecule has 202 valence electrons. The monoisotopic (exact) mass is 521 g/mol. The Labute approximate surface area is 222 Å². The lowest BCUT2D eigenvalue weighted by molar-refractivity contribution is -0.0597. The molecule has 4 N–H and O–H groups in total. The summed E-state index contributed by atoms with van der Waals surface area (Å²) in [5.74, 6) is -1.84. The average Bonchev–Trinajstić information content (AvgIpc) is 3.16. The van der Waals surface area contributed by atoms with E-state index in [2.05, 4.69) is 32.9 Å². The van der Waals surface area contributed by atoms with Gasteiger partial charge in [0.15, 0.2) is 0 Å². The lowest BCUT2D eigenvalue weighted by Gasteiger charge is -2.40. The van der Waals surface area contributed by atoms with Crippen LogP contribution in [0.15, 0.2) is 47.6 Å². The number of nitrogens with zero attached hydrogens (tertiary/aromatic N) is 1. The van der Waals surface area contributed by atoms with E-state index in [-0.39, 0.29) is 29.8 Å². The Kier molecular flexibility index (Phi) is 7.56. The highest BCUT2D eigenvalue weighted by molar-refractivity contribution is 6.11. The van der Waals surface area contributed by atoms with Gasteiger partial charge in [0.25, 0.3) is 5.91 Å². The van der Waals surface area contributed by atoms with Gasteiger partial charge in [-0.3, -0.25) is 4.79 Å². The molecule has 2 atom stereocenters. The molecule has 0 fully saturated rings. The number of aliphatic hydroxyl groups excluding tert-OH is 1. The maximum Gasteiger partial charge on any atom is 0.339 e. The molecule has 0 spiro atoms. The van der Waals surface area contributed by atoms with Crippen LogP contribution < -0.4 is 9.64 Å². The van der Waals surface area contributed by atoms with E-state index in [0.717, 1.165) is 12.8 Å². The van der Waals surface area contributed by atoms with Crippen LogP contribution in [0, 0.1) is 0 Å². The summed E-state index contributed by atoms with van der Waals surface area (Å²) >= 11 is 0. The number of hydrogen-bond donors (Lipinski definition) is 4. The first-order chi connectivity index (χ1) is 17.9. The maximum absolute atomic E-state index is 13.3. The number of phenols is 2. The summed E-state index contributed by atoms with van der Waals surface area (Å²) in [5, 5.41) is 40.9. The predicted octanol–water partition coefficient (Wildman–Crippen LogP) is 5.48. The maximum atomic E-state index is 13.3. The van der Waals surface area contributed by atoms with Crippen molar-refractivity contribution in [1.29, 1.82) is 0 Å². The van der Waals surface area contributed by atoms with Crippen LogP contribution in [0.3, 0.4) is 0 Å². The van der Waals surface area contributed by atoms with Gasteiger partial charge < -0.3 is 30.1 Å². The van der Waals surface area contributed by atoms with Gasteiger partial charge in [0.05, 0.1) is 18.2 Å². The van der Waals surface area contributed by atoms with Gasteiger partial charge in [0.2, 0.25) is 0 Å². The Hall–Kier alpha value is -3.78. The van der Waals surface area contributed by atoms with E-state index in [1.165, 1.54) is 40.3 Å². The Morgan fingerprint density at radius 1 is 1.11 bits per heavy atom. The number of rotatable bonds is 8. The quantitative estimate of drug-likeness (QED) is 0.339. The molecule has 0 radical (unpaired) electrons. The molecule has 0 aliphatic carbocycles. The Morgan fingerprint density at radius 2 is 1.84 bits per heavy atom. The number of phenolic OH excluding ortho intramolecular Hbond substituents is 1. The van der Waals surface area contributed by atoms with Crippen molar-refractivity contribution in [3.63, 3.8) is 0 Å². The highest BCUT2D eigenvalue weighted by atomic mass is 16.5. The number of fused-ring (bicyclic) bond motifs is 3. The molecule has 0 bridgehead atoms. The highest BCUT2D eigenvalue weighted by Gasteiger charge is 2.44. The van der Waals surface area contributed by atoms with E-state index in [0.29, 0.717) is 35.4 Å². The standard InChI is InChI=1S/C30H35NO7/c1-17(2)7-5-8-18(3)9-6-12-30(4)26(34)15-21-25(33)14-20-23(27(21)38-30)16-31(28(20)35)19-10-11-24(32)22(13-19)29(36)37/h7,9-11,13-14,26,32-34H,5-6,8,12,15-16H2,1-4H3,(H,36,37)/b18-9+. The fourth-order valence-electron chi connectivity index (χ4n) is 5.07. The van der Waals surface area contributed by atoms with Crippen LogP contribution in [0.2, 0.25) is 0 Å².